The van der Waals surface area contributed by atoms with E-state index in [-0.39, 0.29) is 24.7 Å². The van der Waals surface area contributed by atoms with E-state index in [2.05, 4.69) is 17.6 Å². The number of carbonyl (C=O) groups excluding carboxylic acids is 1. The SMILES string of the molecule is CCCC1CCCCC1CNC(=O)NC1CC(N(CC)CC(=O)O)C1. The molecule has 3 N–H and O–H groups in total. The maximum atomic E-state index is 12.1. The van der Waals surface area contributed by atoms with Crippen LogP contribution in [0.25, 0.3) is 0 Å². The van der Waals surface area contributed by atoms with Gasteiger partial charge in [-0.2, -0.15) is 0 Å². The Labute approximate surface area is 151 Å². The standard InChI is InChI=1S/C19H35N3O3/c1-3-7-14-8-5-6-9-15(14)12-20-19(25)21-16-10-17(11-16)22(4-2)13-18(23)24/h14-17H,3-13H2,1-2H3,(H,23,24)(H2,20,21,25). The van der Waals surface area contributed by atoms with Crippen LogP contribution in [-0.2, 0) is 4.79 Å². The maximum Gasteiger partial charge on any atom is 0.317 e. The Morgan fingerprint density at radius 3 is 2.40 bits per heavy atom. The summed E-state index contributed by atoms with van der Waals surface area (Å²) in [6, 6.07) is 0.384. The van der Waals surface area contributed by atoms with Gasteiger partial charge in [0, 0.05) is 18.6 Å². The molecule has 2 saturated carbocycles. The summed E-state index contributed by atoms with van der Waals surface area (Å²) in [7, 11) is 0. The van der Waals surface area contributed by atoms with Gasteiger partial charge >= 0.3 is 12.0 Å². The number of carboxylic acid groups (broad SMARTS) is 1. The largest absolute Gasteiger partial charge is 0.480 e. The molecule has 2 aliphatic carbocycles. The summed E-state index contributed by atoms with van der Waals surface area (Å²) < 4.78 is 0. The van der Waals surface area contributed by atoms with E-state index >= 15 is 0 Å². The quantitative estimate of drug-likeness (QED) is 0.595. The first-order valence-corrected chi connectivity index (χ1v) is 10.0. The first kappa shape index (κ1) is 20.0. The molecule has 0 saturated heterocycles. The Bertz CT molecular complexity index is 436. The van der Waals surface area contributed by atoms with Crippen LogP contribution in [0.5, 0.6) is 0 Å². The monoisotopic (exact) mass is 353 g/mol. The Hall–Kier alpha value is -1.30. The summed E-state index contributed by atoms with van der Waals surface area (Å²) in [5, 5.41) is 15.0. The zero-order valence-electron chi connectivity index (χ0n) is 15.8. The van der Waals surface area contributed by atoms with E-state index in [4.69, 9.17) is 5.11 Å². The average molecular weight is 354 g/mol. The molecule has 6 heteroatoms. The molecule has 0 aromatic rings. The van der Waals surface area contributed by atoms with Gasteiger partial charge < -0.3 is 15.7 Å². The zero-order valence-corrected chi connectivity index (χ0v) is 15.8. The van der Waals surface area contributed by atoms with E-state index in [1.54, 1.807) is 0 Å². The molecule has 2 amide bonds. The molecule has 0 bridgehead atoms. The summed E-state index contributed by atoms with van der Waals surface area (Å²) in [5.41, 5.74) is 0. The highest BCUT2D eigenvalue weighted by Crippen LogP contribution is 2.32. The van der Waals surface area contributed by atoms with Crippen LogP contribution in [0.2, 0.25) is 0 Å². The van der Waals surface area contributed by atoms with Gasteiger partial charge in [0.2, 0.25) is 0 Å². The number of carbonyl (C=O) groups is 2. The molecule has 0 spiro atoms. The minimum atomic E-state index is -0.787. The van der Waals surface area contributed by atoms with Gasteiger partial charge in [-0.3, -0.25) is 9.69 Å². The van der Waals surface area contributed by atoms with Crippen LogP contribution in [0.1, 0.15) is 65.2 Å². The van der Waals surface area contributed by atoms with Gasteiger partial charge in [-0.1, -0.05) is 46.0 Å². The van der Waals surface area contributed by atoms with Crippen molar-refractivity contribution in [3.8, 4) is 0 Å². The molecule has 6 nitrogen and oxygen atoms in total. The van der Waals surface area contributed by atoms with Crippen LogP contribution in [0.15, 0.2) is 0 Å². The Balaban J connectivity index is 1.65. The number of hydrogen-bond acceptors (Lipinski definition) is 3. The summed E-state index contributed by atoms with van der Waals surface area (Å²) in [4.78, 5) is 25.0. The third kappa shape index (κ3) is 6.17. The molecule has 25 heavy (non-hydrogen) atoms. The highest BCUT2D eigenvalue weighted by atomic mass is 16.4. The van der Waals surface area contributed by atoms with Gasteiger partial charge in [-0.05, 0) is 37.6 Å². The van der Waals surface area contributed by atoms with Gasteiger partial charge in [0.25, 0.3) is 0 Å². The van der Waals surface area contributed by atoms with E-state index in [9.17, 15) is 9.59 Å². The van der Waals surface area contributed by atoms with Crippen molar-refractivity contribution in [1.82, 2.24) is 15.5 Å². The highest BCUT2D eigenvalue weighted by molar-refractivity contribution is 5.74. The number of nitrogens with zero attached hydrogens (tertiary/aromatic N) is 1. The Morgan fingerprint density at radius 1 is 1.12 bits per heavy atom. The van der Waals surface area contributed by atoms with Crippen molar-refractivity contribution in [3.05, 3.63) is 0 Å². The molecular weight excluding hydrogens is 318 g/mol. The maximum absolute atomic E-state index is 12.1. The molecule has 0 aromatic carbocycles. The van der Waals surface area contributed by atoms with Crippen molar-refractivity contribution < 1.29 is 14.7 Å². The van der Waals surface area contributed by atoms with E-state index in [1.807, 2.05) is 11.8 Å². The molecule has 0 radical (unpaired) electrons. The first-order chi connectivity index (χ1) is 12.0. The van der Waals surface area contributed by atoms with Gasteiger partial charge in [0.1, 0.15) is 0 Å². The van der Waals surface area contributed by atoms with Crippen LogP contribution in [0.3, 0.4) is 0 Å². The number of urea groups is 1. The summed E-state index contributed by atoms with van der Waals surface area (Å²) >= 11 is 0. The molecule has 0 heterocycles. The van der Waals surface area contributed by atoms with E-state index in [0.29, 0.717) is 5.92 Å². The lowest BCUT2D eigenvalue weighted by atomic mass is 9.77. The average Bonchev–Trinajstić information content (AvgIpc) is 2.55. The van der Waals surface area contributed by atoms with Crippen LogP contribution < -0.4 is 10.6 Å². The van der Waals surface area contributed by atoms with Gasteiger partial charge in [0.15, 0.2) is 0 Å². The molecule has 2 unspecified atom stereocenters. The number of carboxylic acids is 1. The molecule has 2 atom stereocenters. The predicted molar refractivity (Wildman–Crippen MR) is 98.6 cm³/mol. The minimum absolute atomic E-state index is 0.0643. The van der Waals surface area contributed by atoms with E-state index in [0.717, 1.165) is 31.8 Å². The number of aliphatic carboxylic acids is 1. The predicted octanol–water partition coefficient (Wildman–Crippen LogP) is 2.83. The molecular formula is C19H35N3O3. The summed E-state index contributed by atoms with van der Waals surface area (Å²) in [6.07, 6.45) is 9.35. The van der Waals surface area contributed by atoms with Crippen LogP contribution in [0, 0.1) is 11.8 Å². The van der Waals surface area contributed by atoms with Crippen molar-refractivity contribution >= 4 is 12.0 Å². The number of hydrogen-bond donors (Lipinski definition) is 3. The van der Waals surface area contributed by atoms with Crippen molar-refractivity contribution in [2.24, 2.45) is 11.8 Å². The second-order valence-electron chi connectivity index (χ2n) is 7.73. The molecule has 0 aliphatic heterocycles. The number of rotatable bonds is 9. The molecule has 2 rings (SSSR count). The molecule has 0 aromatic heterocycles. The van der Waals surface area contributed by atoms with Gasteiger partial charge in [-0.15, -0.1) is 0 Å². The summed E-state index contributed by atoms with van der Waals surface area (Å²) in [6.45, 7) is 5.82. The fraction of sp³-hybridized carbons (Fsp3) is 0.895. The third-order valence-corrected chi connectivity index (χ3v) is 5.96. The zero-order chi connectivity index (χ0) is 18.2. The Morgan fingerprint density at radius 2 is 1.80 bits per heavy atom. The van der Waals surface area contributed by atoms with Crippen LogP contribution >= 0.6 is 0 Å². The lowest BCUT2D eigenvalue weighted by molar-refractivity contribution is -0.139. The fourth-order valence-electron chi connectivity index (χ4n) is 4.44. The normalized spacial score (nSPS) is 29.1. The van der Waals surface area contributed by atoms with Gasteiger partial charge in [0.05, 0.1) is 6.54 Å². The van der Waals surface area contributed by atoms with E-state index in [1.165, 1.54) is 38.5 Å². The molecule has 144 valence electrons. The highest BCUT2D eigenvalue weighted by Gasteiger charge is 2.34. The first-order valence-electron chi connectivity index (χ1n) is 10.0. The lowest BCUT2D eigenvalue weighted by Crippen LogP contribution is -2.56. The number of likely N-dealkylation sites (N-methyl/N-ethyl adjacent to an activating group) is 1. The minimum Gasteiger partial charge on any atom is -0.480 e. The van der Waals surface area contributed by atoms with Gasteiger partial charge in [-0.25, -0.2) is 4.79 Å². The van der Waals surface area contributed by atoms with Crippen molar-refractivity contribution in [3.63, 3.8) is 0 Å². The van der Waals surface area contributed by atoms with Crippen LogP contribution in [0.4, 0.5) is 4.79 Å². The second-order valence-corrected chi connectivity index (χ2v) is 7.73. The van der Waals surface area contributed by atoms with Crippen molar-refractivity contribution in [1.29, 1.82) is 0 Å². The van der Waals surface area contributed by atoms with Crippen molar-refractivity contribution in [2.45, 2.75) is 77.3 Å². The second kappa shape index (κ2) is 10.00. The molecule has 2 fully saturated rings. The smallest absolute Gasteiger partial charge is 0.317 e. The van der Waals surface area contributed by atoms with Crippen molar-refractivity contribution in [2.75, 3.05) is 19.6 Å². The van der Waals surface area contributed by atoms with E-state index < -0.39 is 5.97 Å². The summed E-state index contributed by atoms with van der Waals surface area (Å²) in [5.74, 6) is 0.603. The third-order valence-electron chi connectivity index (χ3n) is 5.96. The van der Waals surface area contributed by atoms with Crippen LogP contribution in [-0.4, -0.2) is 53.7 Å². The topological polar surface area (TPSA) is 81.7 Å². The Kier molecular flexibility index (Phi) is 8.00. The number of amides is 2. The number of nitrogens with one attached hydrogen (secondary N) is 2. The lowest BCUT2D eigenvalue weighted by Gasteiger charge is -2.42. The fourth-order valence-corrected chi connectivity index (χ4v) is 4.44. The molecule has 2 aliphatic rings.